The predicted octanol–water partition coefficient (Wildman–Crippen LogP) is 3.89. The summed E-state index contributed by atoms with van der Waals surface area (Å²) in [7, 11) is 0. The predicted molar refractivity (Wildman–Crippen MR) is 75.6 cm³/mol. The molecule has 3 rings (SSSR count). The number of thiazole rings is 1. The molecule has 0 saturated heterocycles. The number of nitrogens with one attached hydrogen (secondary N) is 1. The molecule has 1 atom stereocenters. The highest BCUT2D eigenvalue weighted by atomic mass is 35.5. The number of nitrogens with zero attached hydrogens (tertiary/aromatic N) is 2. The monoisotopic (exact) mass is 297 g/mol. The summed E-state index contributed by atoms with van der Waals surface area (Å²) in [5.74, 6) is 0. The van der Waals surface area contributed by atoms with E-state index in [-0.39, 0.29) is 6.04 Å². The summed E-state index contributed by atoms with van der Waals surface area (Å²) in [6.45, 7) is 0. The van der Waals surface area contributed by atoms with Gasteiger partial charge in [0.1, 0.15) is 5.15 Å². The Hall–Kier alpha value is -1.10. The van der Waals surface area contributed by atoms with Crippen molar-refractivity contribution in [3.8, 4) is 0 Å². The van der Waals surface area contributed by atoms with Gasteiger partial charge in [0.2, 0.25) is 0 Å². The normalized spacial score (nSPS) is 18.6. The van der Waals surface area contributed by atoms with Crippen molar-refractivity contribution in [2.24, 2.45) is 5.10 Å². The molecule has 0 radical (unpaired) electrons. The van der Waals surface area contributed by atoms with Crippen LogP contribution in [0, 0.1) is 0 Å². The van der Waals surface area contributed by atoms with Crippen LogP contribution in [0.25, 0.3) is 0 Å². The lowest BCUT2D eigenvalue weighted by atomic mass is 10.0. The summed E-state index contributed by atoms with van der Waals surface area (Å²) in [6, 6.07) is 10.2. The number of benzene rings is 1. The molecule has 3 nitrogen and oxygen atoms in total. The van der Waals surface area contributed by atoms with E-state index in [1.54, 1.807) is 0 Å². The summed E-state index contributed by atoms with van der Waals surface area (Å²) in [5, 5.41) is 4.82. The fourth-order valence-electron chi connectivity index (χ4n) is 1.91. The smallest absolute Gasteiger partial charge is 0.185 e. The Kier molecular flexibility index (Phi) is 3.24. The minimum Gasteiger partial charge on any atom is -0.301 e. The van der Waals surface area contributed by atoms with Gasteiger partial charge in [-0.15, -0.1) is 11.3 Å². The minimum absolute atomic E-state index is 0.0673. The highest BCUT2D eigenvalue weighted by molar-refractivity contribution is 7.16. The SMILES string of the molecule is Clc1nc(Cl)c(C2CC(c3ccccc3)=NN2)s1. The lowest BCUT2D eigenvalue weighted by Gasteiger charge is -2.06. The zero-order valence-corrected chi connectivity index (χ0v) is 11.6. The number of hydrogen-bond donors (Lipinski definition) is 1. The van der Waals surface area contributed by atoms with Crippen LogP contribution in [0.15, 0.2) is 35.4 Å². The summed E-state index contributed by atoms with van der Waals surface area (Å²) in [5.41, 5.74) is 5.24. The molecule has 2 aromatic rings. The number of hydrogen-bond acceptors (Lipinski definition) is 4. The number of rotatable bonds is 2. The van der Waals surface area contributed by atoms with Crippen LogP contribution in [0.5, 0.6) is 0 Å². The number of hydrazone groups is 1. The van der Waals surface area contributed by atoms with Gasteiger partial charge in [-0.1, -0.05) is 53.5 Å². The summed E-state index contributed by atoms with van der Waals surface area (Å²) in [6.07, 6.45) is 0.794. The van der Waals surface area contributed by atoms with Crippen LogP contribution in [-0.2, 0) is 0 Å². The van der Waals surface area contributed by atoms with E-state index in [4.69, 9.17) is 23.2 Å². The third-order valence-electron chi connectivity index (χ3n) is 2.76. The highest BCUT2D eigenvalue weighted by Gasteiger charge is 2.25. The zero-order valence-electron chi connectivity index (χ0n) is 9.23. The fourth-order valence-corrected chi connectivity index (χ4v) is 3.39. The van der Waals surface area contributed by atoms with Crippen LogP contribution >= 0.6 is 34.5 Å². The molecule has 0 aliphatic carbocycles. The van der Waals surface area contributed by atoms with Gasteiger partial charge >= 0.3 is 0 Å². The van der Waals surface area contributed by atoms with E-state index in [9.17, 15) is 0 Å². The second kappa shape index (κ2) is 4.88. The van der Waals surface area contributed by atoms with Gasteiger partial charge < -0.3 is 5.43 Å². The van der Waals surface area contributed by atoms with Gasteiger partial charge in [-0.05, 0) is 5.56 Å². The zero-order chi connectivity index (χ0) is 12.5. The van der Waals surface area contributed by atoms with E-state index in [2.05, 4.69) is 15.5 Å². The van der Waals surface area contributed by atoms with Crippen molar-refractivity contribution < 1.29 is 0 Å². The van der Waals surface area contributed by atoms with E-state index >= 15 is 0 Å². The van der Waals surface area contributed by atoms with Gasteiger partial charge in [-0.3, -0.25) is 0 Å². The van der Waals surface area contributed by atoms with Crippen molar-refractivity contribution >= 4 is 40.3 Å². The molecule has 6 heteroatoms. The first-order valence-corrected chi connectivity index (χ1v) is 7.00. The fraction of sp³-hybridized carbons (Fsp3) is 0.167. The molecule has 1 aromatic carbocycles. The Bertz CT molecular complexity index is 595. The minimum atomic E-state index is 0.0673. The van der Waals surface area contributed by atoms with E-state index in [0.29, 0.717) is 9.62 Å². The average Bonchev–Trinajstić information content (AvgIpc) is 2.97. The second-order valence-electron chi connectivity index (χ2n) is 3.93. The largest absolute Gasteiger partial charge is 0.301 e. The molecule has 1 unspecified atom stereocenters. The maximum absolute atomic E-state index is 6.04. The van der Waals surface area contributed by atoms with Crippen molar-refractivity contribution in [3.63, 3.8) is 0 Å². The van der Waals surface area contributed by atoms with Crippen molar-refractivity contribution in [3.05, 3.63) is 50.4 Å². The molecule has 0 saturated carbocycles. The first-order chi connectivity index (χ1) is 8.74. The Morgan fingerprint density at radius 3 is 2.67 bits per heavy atom. The number of aromatic nitrogens is 1. The Labute approximate surface area is 118 Å². The molecule has 1 N–H and O–H groups in total. The first kappa shape index (κ1) is 12.0. The Morgan fingerprint density at radius 1 is 1.22 bits per heavy atom. The van der Waals surface area contributed by atoms with Gasteiger partial charge in [0.25, 0.3) is 0 Å². The highest BCUT2D eigenvalue weighted by Crippen LogP contribution is 2.35. The number of halogens is 2. The molecule has 1 aliphatic rings. The molecule has 0 bridgehead atoms. The van der Waals surface area contributed by atoms with E-state index in [0.717, 1.165) is 22.6 Å². The molecule has 92 valence electrons. The lowest BCUT2D eigenvalue weighted by molar-refractivity contribution is 0.629. The third kappa shape index (κ3) is 2.23. The average molecular weight is 298 g/mol. The lowest BCUT2D eigenvalue weighted by Crippen LogP contribution is -2.08. The van der Waals surface area contributed by atoms with Crippen LogP contribution in [0.1, 0.15) is 22.9 Å². The summed E-state index contributed by atoms with van der Waals surface area (Å²) < 4.78 is 0.463. The molecule has 0 amide bonds. The second-order valence-corrected chi connectivity index (χ2v) is 5.90. The molecule has 2 heterocycles. The maximum Gasteiger partial charge on any atom is 0.185 e. The molecule has 1 aliphatic heterocycles. The van der Waals surface area contributed by atoms with E-state index in [1.165, 1.54) is 11.3 Å². The topological polar surface area (TPSA) is 37.3 Å². The first-order valence-electron chi connectivity index (χ1n) is 5.43. The van der Waals surface area contributed by atoms with Crippen molar-refractivity contribution in [1.82, 2.24) is 10.4 Å². The standard InChI is InChI=1S/C12H9Cl2N3S/c13-11-10(18-12(14)15-11)9-6-8(16-17-9)7-4-2-1-3-5-7/h1-5,9,17H,6H2. The Balaban J connectivity index is 1.81. The van der Waals surface area contributed by atoms with Gasteiger partial charge in [-0.2, -0.15) is 5.10 Å². The van der Waals surface area contributed by atoms with E-state index < -0.39 is 0 Å². The van der Waals surface area contributed by atoms with Crippen LogP contribution in [0.4, 0.5) is 0 Å². The molecular formula is C12H9Cl2N3S. The molecule has 18 heavy (non-hydrogen) atoms. The quantitative estimate of drug-likeness (QED) is 0.913. The Morgan fingerprint density at radius 2 is 2.00 bits per heavy atom. The molecule has 0 fully saturated rings. The maximum atomic E-state index is 6.04. The van der Waals surface area contributed by atoms with Crippen molar-refractivity contribution in [2.75, 3.05) is 0 Å². The van der Waals surface area contributed by atoms with Crippen LogP contribution < -0.4 is 5.43 Å². The molecule has 1 aromatic heterocycles. The third-order valence-corrected chi connectivity index (χ3v) is 4.43. The summed E-state index contributed by atoms with van der Waals surface area (Å²) in [4.78, 5) is 4.95. The van der Waals surface area contributed by atoms with Crippen molar-refractivity contribution in [2.45, 2.75) is 12.5 Å². The van der Waals surface area contributed by atoms with Gasteiger partial charge in [0.05, 0.1) is 16.6 Å². The van der Waals surface area contributed by atoms with Crippen molar-refractivity contribution in [1.29, 1.82) is 0 Å². The molecule has 0 spiro atoms. The van der Waals surface area contributed by atoms with Gasteiger partial charge in [0, 0.05) is 6.42 Å². The van der Waals surface area contributed by atoms with Gasteiger partial charge in [0.15, 0.2) is 4.47 Å². The summed E-state index contributed by atoms with van der Waals surface area (Å²) >= 11 is 13.3. The van der Waals surface area contributed by atoms with Crippen LogP contribution in [0.3, 0.4) is 0 Å². The van der Waals surface area contributed by atoms with Crippen LogP contribution in [0.2, 0.25) is 9.62 Å². The molecular weight excluding hydrogens is 289 g/mol. The van der Waals surface area contributed by atoms with E-state index in [1.807, 2.05) is 30.3 Å². The van der Waals surface area contributed by atoms with Crippen LogP contribution in [-0.4, -0.2) is 10.7 Å². The van der Waals surface area contributed by atoms with Gasteiger partial charge in [-0.25, -0.2) is 4.98 Å².